The zero-order valence-electron chi connectivity index (χ0n) is 12.9. The Morgan fingerprint density at radius 2 is 2.17 bits per heavy atom. The van der Waals surface area contributed by atoms with Gasteiger partial charge in [-0.2, -0.15) is 0 Å². The number of methoxy groups -OCH3 is 1. The average Bonchev–Trinajstić information content (AvgIpc) is 2.54. The van der Waals surface area contributed by atoms with Crippen molar-refractivity contribution in [1.29, 1.82) is 0 Å². The van der Waals surface area contributed by atoms with E-state index in [0.29, 0.717) is 18.8 Å². The SMILES string of the molecule is CCOC(=O)c1cn(CCOC)c2ncc(B(O)O)cc2c1=O. The third-order valence-corrected chi connectivity index (χ3v) is 3.26. The van der Waals surface area contributed by atoms with Gasteiger partial charge in [-0.1, -0.05) is 0 Å². The van der Waals surface area contributed by atoms with Crippen molar-refractivity contribution in [2.24, 2.45) is 0 Å². The molecule has 0 aliphatic carbocycles. The topological polar surface area (TPSA) is 111 Å². The standard InChI is InChI=1S/C14H17BN2O6/c1-3-23-14(19)11-8-17(4-5-22-2)13-10(12(11)18)6-9(7-16-13)15(20)21/h6-8,20-21H,3-5H2,1-2H3. The Kier molecular flexibility index (Phi) is 5.48. The number of aromatic nitrogens is 2. The summed E-state index contributed by atoms with van der Waals surface area (Å²) >= 11 is 0. The lowest BCUT2D eigenvalue weighted by atomic mass is 9.81. The predicted molar refractivity (Wildman–Crippen MR) is 83.7 cm³/mol. The predicted octanol–water partition coefficient (Wildman–Crippen LogP) is -1.10. The first-order chi connectivity index (χ1) is 11.0. The van der Waals surface area contributed by atoms with E-state index in [1.165, 1.54) is 25.6 Å². The van der Waals surface area contributed by atoms with Gasteiger partial charge in [-0.25, -0.2) is 9.78 Å². The number of carbonyl (C=O) groups excluding carboxylic acids is 1. The second kappa shape index (κ2) is 7.36. The van der Waals surface area contributed by atoms with Crippen LogP contribution in [0.25, 0.3) is 11.0 Å². The van der Waals surface area contributed by atoms with Crippen molar-refractivity contribution in [3.8, 4) is 0 Å². The van der Waals surface area contributed by atoms with Gasteiger partial charge in [-0.05, 0) is 13.0 Å². The molecule has 0 aliphatic heterocycles. The lowest BCUT2D eigenvalue weighted by Crippen LogP contribution is -2.32. The third-order valence-electron chi connectivity index (χ3n) is 3.26. The fraction of sp³-hybridized carbons (Fsp3) is 0.357. The summed E-state index contributed by atoms with van der Waals surface area (Å²) in [6.45, 7) is 2.51. The van der Waals surface area contributed by atoms with Crippen LogP contribution in [0.1, 0.15) is 17.3 Å². The van der Waals surface area contributed by atoms with E-state index < -0.39 is 18.5 Å². The summed E-state index contributed by atoms with van der Waals surface area (Å²) in [5.74, 6) is -0.736. The Morgan fingerprint density at radius 3 is 2.78 bits per heavy atom. The highest BCUT2D eigenvalue weighted by atomic mass is 16.5. The van der Waals surface area contributed by atoms with Gasteiger partial charge in [0.05, 0.1) is 18.6 Å². The molecule has 9 heteroatoms. The normalized spacial score (nSPS) is 10.8. The highest BCUT2D eigenvalue weighted by Gasteiger charge is 2.19. The number of rotatable bonds is 6. The van der Waals surface area contributed by atoms with Crippen LogP contribution in [-0.2, 0) is 16.0 Å². The van der Waals surface area contributed by atoms with Crippen LogP contribution in [0.5, 0.6) is 0 Å². The van der Waals surface area contributed by atoms with E-state index in [9.17, 15) is 19.6 Å². The molecule has 0 atom stereocenters. The minimum absolute atomic E-state index is 0.0638. The van der Waals surface area contributed by atoms with Crippen LogP contribution in [0.4, 0.5) is 0 Å². The maximum atomic E-state index is 12.5. The van der Waals surface area contributed by atoms with E-state index >= 15 is 0 Å². The van der Waals surface area contributed by atoms with Gasteiger partial charge in [0.1, 0.15) is 11.2 Å². The molecule has 2 rings (SSSR count). The van der Waals surface area contributed by atoms with E-state index in [-0.39, 0.29) is 23.0 Å². The van der Waals surface area contributed by atoms with Crippen LogP contribution >= 0.6 is 0 Å². The molecular weight excluding hydrogens is 303 g/mol. The van der Waals surface area contributed by atoms with E-state index in [1.54, 1.807) is 11.5 Å². The molecule has 2 aromatic rings. The lowest BCUT2D eigenvalue weighted by Gasteiger charge is -2.12. The van der Waals surface area contributed by atoms with Crippen molar-refractivity contribution >= 4 is 29.6 Å². The first-order valence-corrected chi connectivity index (χ1v) is 7.04. The minimum atomic E-state index is -1.76. The number of hydrogen-bond donors (Lipinski definition) is 2. The molecule has 0 unspecified atom stereocenters. The van der Waals surface area contributed by atoms with Gasteiger partial charge in [0, 0.05) is 31.5 Å². The smallest absolute Gasteiger partial charge is 0.462 e. The summed E-state index contributed by atoms with van der Waals surface area (Å²) in [5.41, 5.74) is -0.317. The number of esters is 1. The molecule has 0 amide bonds. The number of nitrogens with zero attached hydrogens (tertiary/aromatic N) is 2. The molecule has 0 fully saturated rings. The summed E-state index contributed by atoms with van der Waals surface area (Å²) in [7, 11) is -0.227. The molecule has 8 nitrogen and oxygen atoms in total. The third kappa shape index (κ3) is 3.58. The van der Waals surface area contributed by atoms with Crippen molar-refractivity contribution in [3.63, 3.8) is 0 Å². The average molecular weight is 320 g/mol. The summed E-state index contributed by atoms with van der Waals surface area (Å²) in [6, 6.07) is 1.31. The second-order valence-electron chi connectivity index (χ2n) is 4.79. The molecule has 0 aromatic carbocycles. The van der Waals surface area contributed by atoms with Crippen molar-refractivity contribution in [2.75, 3.05) is 20.3 Å². The van der Waals surface area contributed by atoms with Crippen molar-refractivity contribution in [2.45, 2.75) is 13.5 Å². The van der Waals surface area contributed by atoms with Crippen LogP contribution in [-0.4, -0.2) is 53.0 Å². The Labute approximate surface area is 132 Å². The molecule has 0 saturated heterocycles. The van der Waals surface area contributed by atoms with Gasteiger partial charge in [0.15, 0.2) is 0 Å². The van der Waals surface area contributed by atoms with Gasteiger partial charge >= 0.3 is 13.1 Å². The summed E-state index contributed by atoms with van der Waals surface area (Å²) in [5, 5.41) is 18.6. The zero-order chi connectivity index (χ0) is 17.0. The highest BCUT2D eigenvalue weighted by Crippen LogP contribution is 2.09. The van der Waals surface area contributed by atoms with Gasteiger partial charge in [-0.3, -0.25) is 4.79 Å². The van der Waals surface area contributed by atoms with Crippen LogP contribution in [0, 0.1) is 0 Å². The zero-order valence-corrected chi connectivity index (χ0v) is 12.9. The second-order valence-corrected chi connectivity index (χ2v) is 4.79. The Morgan fingerprint density at radius 1 is 1.43 bits per heavy atom. The molecule has 23 heavy (non-hydrogen) atoms. The summed E-state index contributed by atoms with van der Waals surface area (Å²) in [4.78, 5) is 28.6. The summed E-state index contributed by atoms with van der Waals surface area (Å²) < 4.78 is 11.5. The van der Waals surface area contributed by atoms with Gasteiger partial charge in [0.25, 0.3) is 0 Å². The van der Waals surface area contributed by atoms with E-state index in [4.69, 9.17) is 9.47 Å². The molecule has 0 bridgehead atoms. The van der Waals surface area contributed by atoms with Crippen LogP contribution in [0.15, 0.2) is 23.3 Å². The van der Waals surface area contributed by atoms with Crippen molar-refractivity contribution in [3.05, 3.63) is 34.2 Å². The highest BCUT2D eigenvalue weighted by molar-refractivity contribution is 6.58. The number of hydrogen-bond acceptors (Lipinski definition) is 7. The first-order valence-electron chi connectivity index (χ1n) is 7.04. The maximum absolute atomic E-state index is 12.5. The Bertz CT molecular complexity index is 774. The Hall–Kier alpha value is -2.23. The van der Waals surface area contributed by atoms with Crippen LogP contribution in [0.2, 0.25) is 0 Å². The quantitative estimate of drug-likeness (QED) is 0.513. The Balaban J connectivity index is 2.69. The van der Waals surface area contributed by atoms with Crippen LogP contribution < -0.4 is 10.9 Å². The van der Waals surface area contributed by atoms with Crippen LogP contribution in [0.3, 0.4) is 0 Å². The number of pyridine rings is 2. The largest absolute Gasteiger partial charge is 0.490 e. The number of fused-ring (bicyclic) bond motifs is 1. The number of ether oxygens (including phenoxy) is 2. The fourth-order valence-corrected chi connectivity index (χ4v) is 2.15. The molecular formula is C14H17BN2O6. The van der Waals surface area contributed by atoms with E-state index in [0.717, 1.165) is 0 Å². The monoisotopic (exact) mass is 320 g/mol. The number of carbonyl (C=O) groups is 1. The molecule has 0 saturated carbocycles. The van der Waals surface area contributed by atoms with Crippen molar-refractivity contribution in [1.82, 2.24) is 9.55 Å². The molecule has 2 heterocycles. The molecule has 0 radical (unpaired) electrons. The molecule has 2 aromatic heterocycles. The molecule has 0 aliphatic rings. The van der Waals surface area contributed by atoms with Gasteiger partial charge in [-0.15, -0.1) is 0 Å². The fourth-order valence-electron chi connectivity index (χ4n) is 2.15. The van der Waals surface area contributed by atoms with Gasteiger partial charge in [0.2, 0.25) is 5.43 Å². The summed E-state index contributed by atoms with van der Waals surface area (Å²) in [6.07, 6.45) is 2.64. The minimum Gasteiger partial charge on any atom is -0.462 e. The van der Waals surface area contributed by atoms with Gasteiger partial charge < -0.3 is 24.1 Å². The first kappa shape index (κ1) is 17.1. The molecule has 122 valence electrons. The van der Waals surface area contributed by atoms with E-state index in [2.05, 4.69) is 4.98 Å². The lowest BCUT2D eigenvalue weighted by molar-refractivity contribution is 0.0524. The van der Waals surface area contributed by atoms with Crippen molar-refractivity contribution < 1.29 is 24.3 Å². The molecule has 2 N–H and O–H groups in total. The maximum Gasteiger partial charge on any atom is 0.490 e. The van der Waals surface area contributed by atoms with E-state index in [1.807, 2.05) is 0 Å². The molecule has 0 spiro atoms.